The Morgan fingerprint density at radius 1 is 1.15 bits per heavy atom. The molecule has 79 valence electrons. The quantitative estimate of drug-likeness (QED) is 0.432. The Hall–Kier alpha value is 0.270. The van der Waals surface area contributed by atoms with Crippen LogP contribution in [0.15, 0.2) is 0 Å². The summed E-state index contributed by atoms with van der Waals surface area (Å²) in [5.74, 6) is -0.928. The topological polar surface area (TPSA) is 63.9 Å². The second-order valence-electron chi connectivity index (χ2n) is 2.83. The van der Waals surface area contributed by atoms with Gasteiger partial charge in [-0.2, -0.15) is 0 Å². The summed E-state index contributed by atoms with van der Waals surface area (Å²) in [6.07, 6.45) is -1.64. The van der Waals surface area contributed by atoms with Crippen LogP contribution in [0, 0.1) is 0 Å². The Kier molecular flexibility index (Phi) is 6.82. The van der Waals surface area contributed by atoms with E-state index in [1.54, 1.807) is 0 Å². The van der Waals surface area contributed by atoms with E-state index in [1.807, 2.05) is 20.8 Å². The highest BCUT2D eigenvalue weighted by Crippen LogP contribution is 2.27. The first-order valence-electron chi connectivity index (χ1n) is 4.51. The molecule has 0 heterocycles. The lowest BCUT2D eigenvalue weighted by molar-refractivity contribution is -0.0903. The minimum absolute atomic E-state index is 0.145. The maximum absolute atomic E-state index is 9.20. The first-order chi connectivity index (χ1) is 6.02. The minimum Gasteiger partial charge on any atom is -0.383 e. The van der Waals surface area contributed by atoms with E-state index in [0.717, 1.165) is 13.1 Å². The number of aliphatic hydroxyl groups is 3. The lowest BCUT2D eigenvalue weighted by atomic mass is 10.5. The zero-order valence-electron chi connectivity index (χ0n) is 8.38. The molecule has 0 aliphatic carbocycles. The molecule has 0 aliphatic heterocycles. The van der Waals surface area contributed by atoms with E-state index >= 15 is 0 Å². The van der Waals surface area contributed by atoms with E-state index in [9.17, 15) is 5.11 Å². The molecule has 2 unspecified atom stereocenters. The minimum atomic E-state index is -1.64. The van der Waals surface area contributed by atoms with E-state index < -0.39 is 12.1 Å². The summed E-state index contributed by atoms with van der Waals surface area (Å²) in [7, 11) is 0.641. The largest absolute Gasteiger partial charge is 0.383 e. The van der Waals surface area contributed by atoms with Crippen LogP contribution in [-0.2, 0) is 0 Å². The molecule has 1 radical (unpaired) electrons. The molecule has 13 heavy (non-hydrogen) atoms. The first-order valence-corrected chi connectivity index (χ1v) is 5.54. The summed E-state index contributed by atoms with van der Waals surface area (Å²) in [5.41, 5.74) is 0. The van der Waals surface area contributed by atoms with Gasteiger partial charge in [-0.15, -0.1) is 0 Å². The lowest BCUT2D eigenvalue weighted by Gasteiger charge is -2.27. The average molecular weight is 208 g/mol. The second-order valence-corrected chi connectivity index (χ2v) is 4.40. The van der Waals surface area contributed by atoms with Crippen LogP contribution in [0.25, 0.3) is 0 Å². The molecule has 5 heteroatoms. The standard InChI is InChI=1S/C8H19NO3P/c1-4-9(5-2)6(3)13-8(12)7(10)11/h6-8,10-12H,4-5H2,1-3H3. The Morgan fingerprint density at radius 2 is 1.62 bits per heavy atom. The van der Waals surface area contributed by atoms with E-state index in [4.69, 9.17) is 10.2 Å². The van der Waals surface area contributed by atoms with Crippen LogP contribution in [0.3, 0.4) is 0 Å². The third-order valence-electron chi connectivity index (χ3n) is 1.98. The van der Waals surface area contributed by atoms with Gasteiger partial charge in [0.05, 0.1) is 0 Å². The monoisotopic (exact) mass is 208 g/mol. The van der Waals surface area contributed by atoms with Crippen molar-refractivity contribution >= 4 is 8.58 Å². The molecular formula is C8H19NO3P. The predicted molar refractivity (Wildman–Crippen MR) is 53.5 cm³/mol. The zero-order valence-corrected chi connectivity index (χ0v) is 9.28. The first kappa shape index (κ1) is 13.3. The number of aliphatic hydroxyl groups excluding tert-OH is 2. The van der Waals surface area contributed by atoms with Crippen molar-refractivity contribution in [2.24, 2.45) is 0 Å². The molecule has 0 amide bonds. The summed E-state index contributed by atoms with van der Waals surface area (Å²) in [6, 6.07) is 0. The molecule has 0 aromatic rings. The van der Waals surface area contributed by atoms with Gasteiger partial charge in [-0.1, -0.05) is 13.8 Å². The zero-order chi connectivity index (χ0) is 10.4. The van der Waals surface area contributed by atoms with Crippen molar-refractivity contribution in [3.05, 3.63) is 0 Å². The van der Waals surface area contributed by atoms with Crippen molar-refractivity contribution in [1.82, 2.24) is 4.90 Å². The van der Waals surface area contributed by atoms with E-state index in [-0.39, 0.29) is 5.78 Å². The highest BCUT2D eigenvalue weighted by molar-refractivity contribution is 7.39. The Balaban J connectivity index is 3.89. The average Bonchev–Trinajstić information content (AvgIpc) is 2.06. The van der Waals surface area contributed by atoms with Crippen LogP contribution in [0.1, 0.15) is 20.8 Å². The fraction of sp³-hybridized carbons (Fsp3) is 1.00. The molecule has 0 fully saturated rings. The molecular weight excluding hydrogens is 189 g/mol. The maximum atomic E-state index is 9.20. The normalized spacial score (nSPS) is 17.5. The van der Waals surface area contributed by atoms with Crippen molar-refractivity contribution in [3.63, 3.8) is 0 Å². The SMILES string of the molecule is CCN(CC)C(C)[P]C(O)C(O)O. The third kappa shape index (κ3) is 4.89. The van der Waals surface area contributed by atoms with Crippen molar-refractivity contribution in [2.45, 2.75) is 38.7 Å². The van der Waals surface area contributed by atoms with Crippen LogP contribution < -0.4 is 0 Å². The van der Waals surface area contributed by atoms with Gasteiger partial charge in [0.2, 0.25) is 0 Å². The van der Waals surface area contributed by atoms with Crippen molar-refractivity contribution < 1.29 is 15.3 Å². The van der Waals surface area contributed by atoms with Gasteiger partial charge < -0.3 is 15.3 Å². The number of hydrogen-bond donors (Lipinski definition) is 3. The fourth-order valence-corrected chi connectivity index (χ4v) is 2.26. The molecule has 0 saturated heterocycles. The summed E-state index contributed by atoms with van der Waals surface area (Å²) in [4.78, 5) is 2.15. The van der Waals surface area contributed by atoms with Crippen LogP contribution in [0.2, 0.25) is 0 Å². The molecule has 0 saturated carbocycles. The number of rotatable bonds is 6. The van der Waals surface area contributed by atoms with Gasteiger partial charge in [-0.25, -0.2) is 0 Å². The highest BCUT2D eigenvalue weighted by atomic mass is 31.1. The molecule has 0 bridgehead atoms. The lowest BCUT2D eigenvalue weighted by Crippen LogP contribution is -2.33. The Labute approximate surface area is 81.4 Å². The summed E-state index contributed by atoms with van der Waals surface area (Å²) >= 11 is 0. The van der Waals surface area contributed by atoms with Crippen molar-refractivity contribution in [2.75, 3.05) is 13.1 Å². The van der Waals surface area contributed by atoms with Crippen molar-refractivity contribution in [1.29, 1.82) is 0 Å². The highest BCUT2D eigenvalue weighted by Gasteiger charge is 2.20. The maximum Gasteiger partial charge on any atom is 0.182 e. The van der Waals surface area contributed by atoms with Crippen LogP contribution >= 0.6 is 8.58 Å². The Bertz CT molecular complexity index is 131. The van der Waals surface area contributed by atoms with Gasteiger partial charge in [0.25, 0.3) is 0 Å². The van der Waals surface area contributed by atoms with Gasteiger partial charge in [-0.3, -0.25) is 4.90 Å². The van der Waals surface area contributed by atoms with Crippen LogP contribution in [0.5, 0.6) is 0 Å². The summed E-state index contributed by atoms with van der Waals surface area (Å²) in [6.45, 7) is 7.84. The smallest absolute Gasteiger partial charge is 0.182 e. The van der Waals surface area contributed by atoms with Crippen LogP contribution in [0.4, 0.5) is 0 Å². The molecule has 2 atom stereocenters. The fourth-order valence-electron chi connectivity index (χ4n) is 1.14. The van der Waals surface area contributed by atoms with Gasteiger partial charge in [0, 0.05) is 5.78 Å². The molecule has 0 rings (SSSR count). The van der Waals surface area contributed by atoms with Gasteiger partial charge in [0.1, 0.15) is 5.85 Å². The van der Waals surface area contributed by atoms with Gasteiger partial charge >= 0.3 is 0 Å². The van der Waals surface area contributed by atoms with Crippen molar-refractivity contribution in [3.8, 4) is 0 Å². The molecule has 0 aliphatic rings. The summed E-state index contributed by atoms with van der Waals surface area (Å²) < 4.78 is 0. The Morgan fingerprint density at radius 3 is 1.92 bits per heavy atom. The summed E-state index contributed by atoms with van der Waals surface area (Å²) in [5, 5.41) is 26.6. The molecule has 0 aromatic carbocycles. The molecule has 0 aromatic heterocycles. The number of nitrogens with zero attached hydrogens (tertiary/aromatic N) is 1. The number of hydrogen-bond acceptors (Lipinski definition) is 4. The molecule has 3 N–H and O–H groups in total. The third-order valence-corrected chi connectivity index (χ3v) is 3.31. The second kappa shape index (κ2) is 6.68. The van der Waals surface area contributed by atoms with E-state index in [1.165, 1.54) is 0 Å². The molecule has 0 spiro atoms. The van der Waals surface area contributed by atoms with E-state index in [2.05, 4.69) is 4.90 Å². The molecule has 4 nitrogen and oxygen atoms in total. The van der Waals surface area contributed by atoms with Gasteiger partial charge in [-0.05, 0) is 28.6 Å². The van der Waals surface area contributed by atoms with E-state index in [0.29, 0.717) is 8.58 Å². The van der Waals surface area contributed by atoms with Gasteiger partial charge in [0.15, 0.2) is 6.29 Å². The van der Waals surface area contributed by atoms with Crippen LogP contribution in [-0.4, -0.2) is 51.2 Å². The predicted octanol–water partition coefficient (Wildman–Crippen LogP) is 0.249.